The zero-order valence-electron chi connectivity index (χ0n) is 20.6. The fourth-order valence-electron chi connectivity index (χ4n) is 5.16. The highest BCUT2D eigenvalue weighted by Crippen LogP contribution is 2.22. The van der Waals surface area contributed by atoms with Gasteiger partial charge in [0.1, 0.15) is 0 Å². The smallest absolute Gasteiger partial charge is 0.450 e. The van der Waals surface area contributed by atoms with Gasteiger partial charge in [0, 0.05) is 45.4 Å². The van der Waals surface area contributed by atoms with Crippen LogP contribution in [0.2, 0.25) is 0 Å². The van der Waals surface area contributed by atoms with E-state index < -0.39 is 6.16 Å². The summed E-state index contributed by atoms with van der Waals surface area (Å²) < 4.78 is 6.29. The van der Waals surface area contributed by atoms with E-state index in [0.29, 0.717) is 18.1 Å². The summed E-state index contributed by atoms with van der Waals surface area (Å²) in [7, 11) is 0. The summed E-state index contributed by atoms with van der Waals surface area (Å²) in [5.74, 6) is 0.603. The number of carboxylic acid groups (broad SMARTS) is 2. The van der Waals surface area contributed by atoms with Gasteiger partial charge in [0.25, 0.3) is 0 Å². The van der Waals surface area contributed by atoms with E-state index in [1.807, 2.05) is 4.90 Å². The van der Waals surface area contributed by atoms with Gasteiger partial charge >= 0.3 is 12.2 Å². The SMILES string of the molecule is Cl.O=C(NC1CCCCC1)N1CCC(COC2CCN(Cc3ccccc3)CC2)CC1.O=C(O)O. The van der Waals surface area contributed by atoms with Crippen molar-refractivity contribution in [1.29, 1.82) is 0 Å². The molecule has 0 spiro atoms. The van der Waals surface area contributed by atoms with Crippen LogP contribution in [0.3, 0.4) is 0 Å². The Balaban J connectivity index is 0.000000804. The first-order valence-corrected chi connectivity index (χ1v) is 12.8. The number of urea groups is 1. The zero-order valence-corrected chi connectivity index (χ0v) is 21.5. The van der Waals surface area contributed by atoms with Crippen LogP contribution in [0.1, 0.15) is 63.4 Å². The third-order valence-electron chi connectivity index (χ3n) is 7.19. The number of nitrogens with zero attached hydrogens (tertiary/aromatic N) is 2. The van der Waals surface area contributed by atoms with Crippen LogP contribution >= 0.6 is 12.4 Å². The van der Waals surface area contributed by atoms with E-state index in [0.717, 1.165) is 77.9 Å². The first-order valence-electron chi connectivity index (χ1n) is 12.8. The molecule has 2 heterocycles. The highest BCUT2D eigenvalue weighted by Gasteiger charge is 2.26. The second-order valence-corrected chi connectivity index (χ2v) is 9.79. The van der Waals surface area contributed by atoms with E-state index >= 15 is 0 Å². The number of amides is 2. The van der Waals surface area contributed by atoms with Gasteiger partial charge in [-0.2, -0.15) is 0 Å². The standard InChI is InChI=1S/C25H39N3O2.CH2O3.ClH/c29-25(26-23-9-5-2-6-10-23)28-17-11-22(12-18-28)20-30-24-13-15-27(16-14-24)19-21-7-3-1-4-8-21;2-1(3)4;/h1,3-4,7-8,22-24H,2,5-6,9-20H2,(H,26,29);(H2,2,3,4);1H. The Hall–Kier alpha value is -2.03. The number of carbonyl (C=O) groups is 2. The molecule has 1 aromatic rings. The lowest BCUT2D eigenvalue weighted by molar-refractivity contribution is -0.0186. The number of hydrogen-bond donors (Lipinski definition) is 3. The lowest BCUT2D eigenvalue weighted by Crippen LogP contribution is -2.48. The predicted octanol–water partition coefficient (Wildman–Crippen LogP) is 5.07. The molecule has 3 fully saturated rings. The quantitative estimate of drug-likeness (QED) is 0.493. The molecule has 2 aliphatic heterocycles. The van der Waals surface area contributed by atoms with Crippen molar-refractivity contribution >= 4 is 24.6 Å². The van der Waals surface area contributed by atoms with E-state index in [-0.39, 0.29) is 18.4 Å². The fraction of sp³-hybridized carbons (Fsp3) is 0.692. The van der Waals surface area contributed by atoms with Crippen LogP contribution in [0.4, 0.5) is 9.59 Å². The Labute approximate surface area is 215 Å². The number of benzene rings is 1. The predicted molar refractivity (Wildman–Crippen MR) is 138 cm³/mol. The van der Waals surface area contributed by atoms with E-state index in [1.165, 1.54) is 24.8 Å². The van der Waals surface area contributed by atoms with Crippen LogP contribution in [0.25, 0.3) is 0 Å². The molecule has 35 heavy (non-hydrogen) atoms. The summed E-state index contributed by atoms with van der Waals surface area (Å²) in [6.45, 7) is 5.92. The molecule has 2 amide bonds. The number of halogens is 1. The van der Waals surface area contributed by atoms with Crippen LogP contribution in [0.5, 0.6) is 0 Å². The van der Waals surface area contributed by atoms with Gasteiger partial charge in [-0.05, 0) is 50.0 Å². The molecule has 8 nitrogen and oxygen atoms in total. The van der Waals surface area contributed by atoms with E-state index in [9.17, 15) is 4.79 Å². The van der Waals surface area contributed by atoms with Crippen LogP contribution in [0.15, 0.2) is 30.3 Å². The number of ether oxygens (including phenoxy) is 1. The van der Waals surface area contributed by atoms with E-state index in [2.05, 4.69) is 40.5 Å². The van der Waals surface area contributed by atoms with Gasteiger partial charge in [-0.3, -0.25) is 4.90 Å². The fourth-order valence-corrected chi connectivity index (χ4v) is 5.16. The molecule has 3 N–H and O–H groups in total. The molecular weight excluding hydrogens is 470 g/mol. The van der Waals surface area contributed by atoms with Crippen molar-refractivity contribution in [2.24, 2.45) is 5.92 Å². The Morgan fingerprint density at radius 2 is 1.49 bits per heavy atom. The summed E-state index contributed by atoms with van der Waals surface area (Å²) in [4.78, 5) is 25.6. The van der Waals surface area contributed by atoms with Crippen molar-refractivity contribution in [3.8, 4) is 0 Å². The van der Waals surface area contributed by atoms with Gasteiger partial charge < -0.3 is 25.2 Å². The van der Waals surface area contributed by atoms with Gasteiger partial charge in [0.15, 0.2) is 0 Å². The van der Waals surface area contributed by atoms with E-state index in [1.54, 1.807) is 0 Å². The Morgan fingerprint density at radius 1 is 0.886 bits per heavy atom. The average Bonchev–Trinajstić information content (AvgIpc) is 2.85. The minimum atomic E-state index is -1.83. The normalized spacial score (nSPS) is 20.3. The maximum Gasteiger partial charge on any atom is 0.503 e. The van der Waals surface area contributed by atoms with Crippen LogP contribution < -0.4 is 5.32 Å². The van der Waals surface area contributed by atoms with Crippen LogP contribution in [0, 0.1) is 5.92 Å². The molecule has 0 radical (unpaired) electrons. The minimum absolute atomic E-state index is 0. The minimum Gasteiger partial charge on any atom is -0.450 e. The number of carbonyl (C=O) groups excluding carboxylic acids is 1. The summed E-state index contributed by atoms with van der Waals surface area (Å²) in [5.41, 5.74) is 1.40. The second kappa shape index (κ2) is 15.9. The van der Waals surface area contributed by atoms with Gasteiger partial charge in [-0.15, -0.1) is 12.4 Å². The molecule has 0 atom stereocenters. The third kappa shape index (κ3) is 11.1. The van der Waals surface area contributed by atoms with Gasteiger partial charge in [0.2, 0.25) is 0 Å². The Kier molecular flexibility index (Phi) is 13.2. The summed E-state index contributed by atoms with van der Waals surface area (Å²) >= 11 is 0. The number of rotatable bonds is 6. The molecule has 2 saturated heterocycles. The molecule has 1 aromatic carbocycles. The molecule has 3 aliphatic rings. The Morgan fingerprint density at radius 3 is 2.09 bits per heavy atom. The highest BCUT2D eigenvalue weighted by atomic mass is 35.5. The first-order chi connectivity index (χ1) is 16.5. The van der Waals surface area contributed by atoms with Crippen molar-refractivity contribution in [3.63, 3.8) is 0 Å². The lowest BCUT2D eigenvalue weighted by atomic mass is 9.95. The average molecular weight is 512 g/mol. The molecule has 1 saturated carbocycles. The number of piperidine rings is 2. The van der Waals surface area contributed by atoms with Gasteiger partial charge in [-0.1, -0.05) is 49.6 Å². The Bertz CT molecular complexity index is 728. The molecule has 198 valence electrons. The maximum absolute atomic E-state index is 12.5. The van der Waals surface area contributed by atoms with Crippen molar-refractivity contribution in [2.45, 2.75) is 76.5 Å². The first kappa shape index (κ1) is 29.2. The van der Waals surface area contributed by atoms with Gasteiger partial charge in [0.05, 0.1) is 6.10 Å². The molecule has 0 bridgehead atoms. The number of hydrogen-bond acceptors (Lipinski definition) is 4. The molecule has 9 heteroatoms. The van der Waals surface area contributed by atoms with Crippen LogP contribution in [-0.4, -0.2) is 77.1 Å². The number of likely N-dealkylation sites (tertiary alicyclic amines) is 2. The van der Waals surface area contributed by atoms with Crippen molar-refractivity contribution in [3.05, 3.63) is 35.9 Å². The summed E-state index contributed by atoms with van der Waals surface area (Å²) in [6, 6.07) is 11.3. The molecule has 0 unspecified atom stereocenters. The summed E-state index contributed by atoms with van der Waals surface area (Å²) in [5, 5.41) is 17.2. The second-order valence-electron chi connectivity index (χ2n) is 9.79. The number of nitrogens with one attached hydrogen (secondary N) is 1. The largest absolute Gasteiger partial charge is 0.503 e. The van der Waals surface area contributed by atoms with Crippen molar-refractivity contribution < 1.29 is 24.5 Å². The van der Waals surface area contributed by atoms with E-state index in [4.69, 9.17) is 19.7 Å². The van der Waals surface area contributed by atoms with Crippen molar-refractivity contribution in [1.82, 2.24) is 15.1 Å². The monoisotopic (exact) mass is 511 g/mol. The van der Waals surface area contributed by atoms with Crippen LogP contribution in [-0.2, 0) is 11.3 Å². The maximum atomic E-state index is 12.5. The molecule has 4 rings (SSSR count). The summed E-state index contributed by atoms with van der Waals surface area (Å²) in [6.07, 6.45) is 9.14. The third-order valence-corrected chi connectivity index (χ3v) is 7.19. The highest BCUT2D eigenvalue weighted by molar-refractivity contribution is 5.85. The zero-order chi connectivity index (χ0) is 24.2. The topological polar surface area (TPSA) is 102 Å². The molecule has 1 aliphatic carbocycles. The van der Waals surface area contributed by atoms with Gasteiger partial charge in [-0.25, -0.2) is 9.59 Å². The lowest BCUT2D eigenvalue weighted by Gasteiger charge is -2.35. The molecule has 0 aromatic heterocycles. The van der Waals surface area contributed by atoms with Crippen molar-refractivity contribution in [2.75, 3.05) is 32.8 Å². The molecular formula is C26H42ClN3O5.